The first-order chi connectivity index (χ1) is 9.86. The summed E-state index contributed by atoms with van der Waals surface area (Å²) in [7, 11) is -3.68. The van der Waals surface area contributed by atoms with Gasteiger partial charge in [0.25, 0.3) is 0 Å². The quantitative estimate of drug-likeness (QED) is 0.563. The third-order valence-corrected chi connectivity index (χ3v) is 3.93. The van der Waals surface area contributed by atoms with Crippen LogP contribution in [0.4, 0.5) is 4.79 Å². The van der Waals surface area contributed by atoms with Crippen LogP contribution in [-0.2, 0) is 16.4 Å². The van der Waals surface area contributed by atoms with Gasteiger partial charge in [-0.3, -0.25) is 0 Å². The Morgan fingerprint density at radius 1 is 1.33 bits per heavy atom. The van der Waals surface area contributed by atoms with Crippen LogP contribution in [0.3, 0.4) is 0 Å². The number of hydrogen-bond donors (Lipinski definition) is 4. The molecule has 0 aromatic heterocycles. The molecule has 0 fully saturated rings. The third-order valence-electron chi connectivity index (χ3n) is 3.00. The fraction of sp³-hybridized carbons (Fsp3) is 0.462. The van der Waals surface area contributed by atoms with Crippen molar-refractivity contribution in [2.75, 3.05) is 13.2 Å². The Hall–Kier alpha value is -1.64. The van der Waals surface area contributed by atoms with Crippen LogP contribution in [0, 0.1) is 0 Å². The molecule has 0 bridgehead atoms. The molecule has 0 radical (unpaired) electrons. The number of primary sulfonamides is 1. The number of hydrogen-bond acceptors (Lipinski definition) is 4. The standard InChI is InChI=1S/C13H21N3O4S/c1-2-11(9-17)16-13(18)15-8-7-10-3-5-12(6-4-10)21(14,19)20/h3-6,11,17H,2,7-9H2,1H3,(H2,14,19,20)(H2,15,16,18). The lowest BCUT2D eigenvalue weighted by Gasteiger charge is -2.14. The molecular formula is C13H21N3O4S. The molecule has 1 aromatic rings. The second-order valence-electron chi connectivity index (χ2n) is 4.63. The first kappa shape index (κ1) is 17.4. The number of aliphatic hydroxyl groups is 1. The summed E-state index contributed by atoms with van der Waals surface area (Å²) in [4.78, 5) is 11.6. The maximum atomic E-state index is 11.5. The van der Waals surface area contributed by atoms with Gasteiger partial charge < -0.3 is 15.7 Å². The fourth-order valence-corrected chi connectivity index (χ4v) is 2.19. The number of aliphatic hydroxyl groups excluding tert-OH is 1. The SMILES string of the molecule is CCC(CO)NC(=O)NCCc1ccc(S(N)(=O)=O)cc1. The molecule has 0 aliphatic rings. The average Bonchev–Trinajstić information content (AvgIpc) is 2.44. The molecule has 2 amide bonds. The van der Waals surface area contributed by atoms with Crippen molar-refractivity contribution in [1.29, 1.82) is 0 Å². The zero-order chi connectivity index (χ0) is 15.9. The van der Waals surface area contributed by atoms with E-state index in [1.54, 1.807) is 12.1 Å². The van der Waals surface area contributed by atoms with Crippen LogP contribution in [0.5, 0.6) is 0 Å². The largest absolute Gasteiger partial charge is 0.394 e. The predicted molar refractivity (Wildman–Crippen MR) is 79.2 cm³/mol. The molecule has 21 heavy (non-hydrogen) atoms. The van der Waals surface area contributed by atoms with E-state index in [-0.39, 0.29) is 23.6 Å². The highest BCUT2D eigenvalue weighted by Crippen LogP contribution is 2.08. The Labute approximate surface area is 124 Å². The molecule has 1 rings (SSSR count). The van der Waals surface area contributed by atoms with E-state index < -0.39 is 10.0 Å². The highest BCUT2D eigenvalue weighted by molar-refractivity contribution is 7.89. The molecule has 1 atom stereocenters. The predicted octanol–water partition coefficient (Wildman–Crippen LogP) is -0.0534. The second-order valence-corrected chi connectivity index (χ2v) is 6.19. The van der Waals surface area contributed by atoms with Crippen LogP contribution in [0.25, 0.3) is 0 Å². The van der Waals surface area contributed by atoms with Crippen LogP contribution in [0.15, 0.2) is 29.2 Å². The number of benzene rings is 1. The van der Waals surface area contributed by atoms with Gasteiger partial charge in [0.2, 0.25) is 10.0 Å². The first-order valence-corrected chi connectivity index (χ1v) is 8.18. The van der Waals surface area contributed by atoms with Crippen LogP contribution >= 0.6 is 0 Å². The van der Waals surface area contributed by atoms with Crippen LogP contribution < -0.4 is 15.8 Å². The third kappa shape index (κ3) is 6.11. The maximum Gasteiger partial charge on any atom is 0.315 e. The summed E-state index contributed by atoms with van der Waals surface area (Å²) >= 11 is 0. The number of carbonyl (C=O) groups excluding carboxylic acids is 1. The van der Waals surface area contributed by atoms with Gasteiger partial charge >= 0.3 is 6.03 Å². The zero-order valence-corrected chi connectivity index (χ0v) is 12.7. The number of nitrogens with two attached hydrogens (primary N) is 1. The molecule has 0 spiro atoms. The molecule has 8 heteroatoms. The van der Waals surface area contributed by atoms with E-state index in [0.29, 0.717) is 19.4 Å². The minimum absolute atomic E-state index is 0.0608. The van der Waals surface area contributed by atoms with Crippen molar-refractivity contribution < 1.29 is 18.3 Å². The molecule has 5 N–H and O–H groups in total. The van der Waals surface area contributed by atoms with Gasteiger partial charge in [-0.25, -0.2) is 18.4 Å². The number of amides is 2. The number of nitrogens with one attached hydrogen (secondary N) is 2. The van der Waals surface area contributed by atoms with E-state index in [4.69, 9.17) is 10.2 Å². The molecule has 7 nitrogen and oxygen atoms in total. The Bertz CT molecular complexity index is 553. The minimum atomic E-state index is -3.68. The molecule has 0 saturated heterocycles. The van der Waals surface area contributed by atoms with Crippen molar-refractivity contribution in [2.24, 2.45) is 5.14 Å². The lowest BCUT2D eigenvalue weighted by Crippen LogP contribution is -2.44. The Morgan fingerprint density at radius 2 is 1.95 bits per heavy atom. The van der Waals surface area contributed by atoms with Crippen molar-refractivity contribution >= 4 is 16.1 Å². The Morgan fingerprint density at radius 3 is 2.43 bits per heavy atom. The van der Waals surface area contributed by atoms with Crippen molar-refractivity contribution in [2.45, 2.75) is 30.7 Å². The topological polar surface area (TPSA) is 122 Å². The summed E-state index contributed by atoms with van der Waals surface area (Å²) < 4.78 is 22.2. The molecule has 0 aliphatic carbocycles. The molecule has 118 valence electrons. The average molecular weight is 315 g/mol. The number of carbonyl (C=O) groups is 1. The summed E-state index contributed by atoms with van der Waals surface area (Å²) in [6, 6.07) is 5.59. The van der Waals surface area contributed by atoms with Gasteiger partial charge in [0.05, 0.1) is 17.5 Å². The van der Waals surface area contributed by atoms with Crippen molar-refractivity contribution in [3.63, 3.8) is 0 Å². The van der Waals surface area contributed by atoms with Gasteiger partial charge in [0, 0.05) is 6.54 Å². The molecule has 1 aromatic carbocycles. The zero-order valence-electron chi connectivity index (χ0n) is 11.9. The second kappa shape index (κ2) is 7.96. The van der Waals surface area contributed by atoms with E-state index >= 15 is 0 Å². The number of rotatable bonds is 7. The summed E-state index contributed by atoms with van der Waals surface area (Å²) in [5.74, 6) is 0. The summed E-state index contributed by atoms with van der Waals surface area (Å²) in [6.07, 6.45) is 1.22. The van der Waals surface area contributed by atoms with E-state index in [1.807, 2.05) is 6.92 Å². The molecule has 1 unspecified atom stereocenters. The summed E-state index contributed by atoms with van der Waals surface area (Å²) in [6.45, 7) is 2.18. The van der Waals surface area contributed by atoms with E-state index in [0.717, 1.165) is 5.56 Å². The lowest BCUT2D eigenvalue weighted by molar-refractivity contribution is 0.214. The number of sulfonamides is 1. The summed E-state index contributed by atoms with van der Waals surface area (Å²) in [5.41, 5.74) is 0.886. The van der Waals surface area contributed by atoms with Crippen molar-refractivity contribution in [1.82, 2.24) is 10.6 Å². The van der Waals surface area contributed by atoms with E-state index in [1.165, 1.54) is 12.1 Å². The minimum Gasteiger partial charge on any atom is -0.394 e. The molecule has 0 aliphatic heterocycles. The lowest BCUT2D eigenvalue weighted by atomic mass is 10.1. The number of urea groups is 1. The molecule has 0 heterocycles. The van der Waals surface area contributed by atoms with Gasteiger partial charge in [0.1, 0.15) is 0 Å². The van der Waals surface area contributed by atoms with Crippen LogP contribution in [0.2, 0.25) is 0 Å². The van der Waals surface area contributed by atoms with Gasteiger partial charge in [-0.2, -0.15) is 0 Å². The van der Waals surface area contributed by atoms with E-state index in [9.17, 15) is 13.2 Å². The Kier molecular flexibility index (Phi) is 6.60. The highest BCUT2D eigenvalue weighted by atomic mass is 32.2. The highest BCUT2D eigenvalue weighted by Gasteiger charge is 2.09. The maximum absolute atomic E-state index is 11.5. The van der Waals surface area contributed by atoms with Gasteiger partial charge in [-0.15, -0.1) is 0 Å². The summed E-state index contributed by atoms with van der Waals surface area (Å²) in [5, 5.41) is 19.3. The van der Waals surface area contributed by atoms with Crippen LogP contribution in [-0.4, -0.2) is 38.7 Å². The molecular weight excluding hydrogens is 294 g/mol. The van der Waals surface area contributed by atoms with Crippen molar-refractivity contribution in [3.05, 3.63) is 29.8 Å². The molecule has 0 saturated carbocycles. The first-order valence-electron chi connectivity index (χ1n) is 6.63. The normalized spacial score (nSPS) is 12.7. The van der Waals surface area contributed by atoms with Crippen LogP contribution in [0.1, 0.15) is 18.9 Å². The smallest absolute Gasteiger partial charge is 0.315 e. The fourth-order valence-electron chi connectivity index (χ4n) is 1.68. The van der Waals surface area contributed by atoms with Gasteiger partial charge in [-0.1, -0.05) is 19.1 Å². The van der Waals surface area contributed by atoms with Gasteiger partial charge in [-0.05, 0) is 30.5 Å². The van der Waals surface area contributed by atoms with E-state index in [2.05, 4.69) is 10.6 Å². The Balaban J connectivity index is 2.41. The monoisotopic (exact) mass is 315 g/mol. The van der Waals surface area contributed by atoms with Gasteiger partial charge in [0.15, 0.2) is 0 Å². The van der Waals surface area contributed by atoms with Crippen molar-refractivity contribution in [3.8, 4) is 0 Å².